The van der Waals surface area contributed by atoms with Crippen LogP contribution >= 0.6 is 0 Å². The van der Waals surface area contributed by atoms with Crippen molar-refractivity contribution in [1.29, 1.82) is 0 Å². The van der Waals surface area contributed by atoms with Gasteiger partial charge in [0.15, 0.2) is 5.69 Å². The first kappa shape index (κ1) is 13.6. The van der Waals surface area contributed by atoms with E-state index in [9.17, 15) is 9.59 Å². The van der Waals surface area contributed by atoms with Gasteiger partial charge in [-0.3, -0.25) is 14.2 Å². The first-order chi connectivity index (χ1) is 9.49. The zero-order valence-electron chi connectivity index (χ0n) is 10.8. The molecule has 20 heavy (non-hydrogen) atoms. The van der Waals surface area contributed by atoms with Crippen LogP contribution in [0.5, 0.6) is 0 Å². The molecule has 0 aliphatic rings. The van der Waals surface area contributed by atoms with E-state index < -0.39 is 11.9 Å². The van der Waals surface area contributed by atoms with Crippen LogP contribution in [-0.2, 0) is 17.9 Å². The van der Waals surface area contributed by atoms with Gasteiger partial charge < -0.3 is 16.2 Å². The van der Waals surface area contributed by atoms with Crippen LogP contribution in [0.15, 0.2) is 18.6 Å². The van der Waals surface area contributed by atoms with Gasteiger partial charge in [0.25, 0.3) is 0 Å². The van der Waals surface area contributed by atoms with Crippen molar-refractivity contribution < 1.29 is 14.7 Å². The number of rotatable bonds is 5. The summed E-state index contributed by atoms with van der Waals surface area (Å²) in [5, 5.41) is 19.2. The Morgan fingerprint density at radius 1 is 1.40 bits per heavy atom. The highest BCUT2D eigenvalue weighted by Gasteiger charge is 2.17. The molecule has 106 valence electrons. The number of aryl methyl sites for hydroxylation is 1. The first-order valence-electron chi connectivity index (χ1n) is 5.88. The minimum Gasteiger partial charge on any atom is -0.476 e. The Kier molecular flexibility index (Phi) is 3.69. The van der Waals surface area contributed by atoms with Crippen molar-refractivity contribution in [3.8, 4) is 0 Å². The second-order valence-corrected chi connectivity index (χ2v) is 4.07. The normalized spacial score (nSPS) is 10.4. The number of carbonyl (C=O) groups is 2. The quantitative estimate of drug-likeness (QED) is 0.707. The highest BCUT2D eigenvalue weighted by molar-refractivity contribution is 5.98. The number of nitrogens with zero attached hydrogens (tertiary/aromatic N) is 4. The summed E-state index contributed by atoms with van der Waals surface area (Å²) in [5.74, 6) is -1.61. The fraction of sp³-hybridized carbons (Fsp3) is 0.273. The van der Waals surface area contributed by atoms with E-state index in [-0.39, 0.29) is 17.9 Å². The molecule has 2 aromatic rings. The lowest BCUT2D eigenvalue weighted by molar-refractivity contribution is -0.116. The molecule has 2 heterocycles. The number of anilines is 2. The van der Waals surface area contributed by atoms with Crippen LogP contribution in [0.1, 0.15) is 17.4 Å². The van der Waals surface area contributed by atoms with E-state index in [1.54, 1.807) is 0 Å². The number of nitrogen functional groups attached to an aromatic ring is 1. The SMILES string of the molecule is CCn1cc(NC(=O)Cn2cc(N)cn2)c(C(=O)O)n1. The summed E-state index contributed by atoms with van der Waals surface area (Å²) in [4.78, 5) is 22.9. The van der Waals surface area contributed by atoms with E-state index in [1.807, 2.05) is 6.92 Å². The molecule has 0 spiro atoms. The zero-order valence-corrected chi connectivity index (χ0v) is 10.8. The maximum Gasteiger partial charge on any atom is 0.358 e. The average Bonchev–Trinajstić information content (AvgIpc) is 2.95. The minimum absolute atomic E-state index is 0.0619. The maximum absolute atomic E-state index is 11.8. The number of aromatic nitrogens is 4. The standard InChI is InChI=1S/C11H14N6O3/c1-2-16-5-8(10(15-16)11(19)20)14-9(18)6-17-4-7(12)3-13-17/h3-5H,2,6,12H2,1H3,(H,14,18)(H,19,20). The van der Waals surface area contributed by atoms with Gasteiger partial charge >= 0.3 is 5.97 Å². The highest BCUT2D eigenvalue weighted by atomic mass is 16.4. The summed E-state index contributed by atoms with van der Waals surface area (Å²) < 4.78 is 2.79. The van der Waals surface area contributed by atoms with Crippen molar-refractivity contribution in [1.82, 2.24) is 19.6 Å². The van der Waals surface area contributed by atoms with E-state index in [0.29, 0.717) is 12.2 Å². The minimum atomic E-state index is -1.20. The molecule has 0 aliphatic carbocycles. The molecule has 2 rings (SSSR count). The van der Waals surface area contributed by atoms with Crippen LogP contribution in [0.4, 0.5) is 11.4 Å². The number of aromatic carboxylic acids is 1. The smallest absolute Gasteiger partial charge is 0.358 e. The number of nitrogens with one attached hydrogen (secondary N) is 1. The molecule has 0 aliphatic heterocycles. The van der Waals surface area contributed by atoms with Crippen molar-refractivity contribution in [2.24, 2.45) is 0 Å². The molecule has 0 fully saturated rings. The second kappa shape index (κ2) is 5.43. The molecule has 0 saturated carbocycles. The van der Waals surface area contributed by atoms with E-state index in [0.717, 1.165) is 0 Å². The summed E-state index contributed by atoms with van der Waals surface area (Å²) in [6.07, 6.45) is 4.40. The Morgan fingerprint density at radius 2 is 2.15 bits per heavy atom. The second-order valence-electron chi connectivity index (χ2n) is 4.07. The molecule has 9 nitrogen and oxygen atoms in total. The Balaban J connectivity index is 2.10. The van der Waals surface area contributed by atoms with Gasteiger partial charge in [0, 0.05) is 18.9 Å². The van der Waals surface area contributed by atoms with Crippen LogP contribution in [0.25, 0.3) is 0 Å². The summed E-state index contributed by atoms with van der Waals surface area (Å²) in [5.41, 5.74) is 5.90. The number of hydrogen-bond donors (Lipinski definition) is 3. The Hall–Kier alpha value is -2.84. The number of carbonyl (C=O) groups excluding carboxylic acids is 1. The molecular weight excluding hydrogens is 264 g/mol. The predicted octanol–water partition coefficient (Wildman–Crippen LogP) is 0.0186. The van der Waals surface area contributed by atoms with Crippen LogP contribution in [0.2, 0.25) is 0 Å². The lowest BCUT2D eigenvalue weighted by Crippen LogP contribution is -2.20. The van der Waals surface area contributed by atoms with E-state index in [2.05, 4.69) is 15.5 Å². The monoisotopic (exact) mass is 278 g/mol. The number of amides is 1. The molecule has 0 unspecified atom stereocenters. The van der Waals surface area contributed by atoms with Gasteiger partial charge in [-0.1, -0.05) is 0 Å². The highest BCUT2D eigenvalue weighted by Crippen LogP contribution is 2.14. The molecule has 4 N–H and O–H groups in total. The molecule has 0 bridgehead atoms. The molecule has 9 heteroatoms. The van der Waals surface area contributed by atoms with Gasteiger partial charge in [0.2, 0.25) is 5.91 Å². The van der Waals surface area contributed by atoms with Crippen molar-refractivity contribution in [3.63, 3.8) is 0 Å². The molecule has 2 aromatic heterocycles. The predicted molar refractivity (Wildman–Crippen MR) is 70.1 cm³/mol. The van der Waals surface area contributed by atoms with Gasteiger partial charge in [0.1, 0.15) is 6.54 Å². The van der Waals surface area contributed by atoms with Gasteiger partial charge in [-0.15, -0.1) is 0 Å². The fourth-order valence-corrected chi connectivity index (χ4v) is 1.64. The Morgan fingerprint density at radius 3 is 2.70 bits per heavy atom. The first-order valence-corrected chi connectivity index (χ1v) is 5.88. The summed E-state index contributed by atoms with van der Waals surface area (Å²) in [7, 11) is 0. The Labute approximate surface area is 114 Å². The number of hydrogen-bond acceptors (Lipinski definition) is 5. The molecule has 0 radical (unpaired) electrons. The van der Waals surface area contributed by atoms with Crippen molar-refractivity contribution in [2.75, 3.05) is 11.1 Å². The number of carboxylic acid groups (broad SMARTS) is 1. The topological polar surface area (TPSA) is 128 Å². The molecule has 0 aromatic carbocycles. The fourth-order valence-electron chi connectivity index (χ4n) is 1.64. The third-order valence-electron chi connectivity index (χ3n) is 2.52. The summed E-state index contributed by atoms with van der Waals surface area (Å²) in [6, 6.07) is 0. The van der Waals surface area contributed by atoms with Crippen molar-refractivity contribution in [2.45, 2.75) is 20.0 Å². The van der Waals surface area contributed by atoms with Gasteiger partial charge in [-0.25, -0.2) is 4.79 Å². The van der Waals surface area contributed by atoms with Crippen molar-refractivity contribution in [3.05, 3.63) is 24.3 Å². The van der Waals surface area contributed by atoms with E-state index in [1.165, 1.54) is 28.0 Å². The largest absolute Gasteiger partial charge is 0.476 e. The van der Waals surface area contributed by atoms with E-state index >= 15 is 0 Å². The number of nitrogens with two attached hydrogens (primary N) is 1. The number of carboxylic acids is 1. The van der Waals surface area contributed by atoms with Gasteiger partial charge in [0.05, 0.1) is 17.6 Å². The average molecular weight is 278 g/mol. The van der Waals surface area contributed by atoms with Gasteiger partial charge in [-0.2, -0.15) is 10.2 Å². The lowest BCUT2D eigenvalue weighted by atomic mass is 10.3. The molecule has 0 saturated heterocycles. The zero-order chi connectivity index (χ0) is 14.7. The van der Waals surface area contributed by atoms with E-state index in [4.69, 9.17) is 10.8 Å². The lowest BCUT2D eigenvalue weighted by Gasteiger charge is -2.03. The third-order valence-corrected chi connectivity index (χ3v) is 2.52. The Bertz CT molecular complexity index is 644. The molecular formula is C11H14N6O3. The van der Waals surface area contributed by atoms with Crippen LogP contribution in [0.3, 0.4) is 0 Å². The summed E-state index contributed by atoms with van der Waals surface area (Å²) in [6.45, 7) is 2.26. The maximum atomic E-state index is 11.8. The van der Waals surface area contributed by atoms with Crippen LogP contribution in [-0.4, -0.2) is 36.5 Å². The summed E-state index contributed by atoms with van der Waals surface area (Å²) >= 11 is 0. The third kappa shape index (κ3) is 2.94. The van der Waals surface area contributed by atoms with Gasteiger partial charge in [-0.05, 0) is 6.92 Å². The van der Waals surface area contributed by atoms with Crippen LogP contribution < -0.4 is 11.1 Å². The van der Waals surface area contributed by atoms with Crippen LogP contribution in [0, 0.1) is 0 Å². The molecule has 0 atom stereocenters. The van der Waals surface area contributed by atoms with Crippen molar-refractivity contribution >= 4 is 23.3 Å². The molecule has 1 amide bonds.